The SMILES string of the molecule is CS(=O)(=O)N1CCC(n2c(=O)[nH]c3cc(Nc4ccc(F)cc4)ccc32)C1. The molecule has 27 heavy (non-hydrogen) atoms. The van der Waals surface area contributed by atoms with Gasteiger partial charge in [0.15, 0.2) is 0 Å². The van der Waals surface area contributed by atoms with Gasteiger partial charge in [0.2, 0.25) is 10.0 Å². The zero-order valence-corrected chi connectivity index (χ0v) is 15.5. The lowest BCUT2D eigenvalue weighted by atomic mass is 10.2. The van der Waals surface area contributed by atoms with Crippen molar-refractivity contribution in [2.24, 2.45) is 0 Å². The maximum atomic E-state index is 13.0. The number of aromatic amines is 1. The maximum absolute atomic E-state index is 13.0. The highest BCUT2D eigenvalue weighted by Crippen LogP contribution is 2.27. The largest absolute Gasteiger partial charge is 0.355 e. The van der Waals surface area contributed by atoms with Gasteiger partial charge < -0.3 is 10.3 Å². The Kier molecular flexibility index (Phi) is 4.27. The van der Waals surface area contributed by atoms with Crippen LogP contribution < -0.4 is 11.0 Å². The van der Waals surface area contributed by atoms with Gasteiger partial charge in [0, 0.05) is 24.5 Å². The number of hydrogen-bond acceptors (Lipinski definition) is 4. The molecule has 1 saturated heterocycles. The van der Waals surface area contributed by atoms with Crippen LogP contribution in [0.4, 0.5) is 15.8 Å². The molecule has 3 aromatic rings. The molecule has 9 heteroatoms. The van der Waals surface area contributed by atoms with Crippen molar-refractivity contribution in [3.8, 4) is 0 Å². The first-order chi connectivity index (χ1) is 12.8. The molecule has 0 aliphatic carbocycles. The van der Waals surface area contributed by atoms with Crippen LogP contribution in [-0.2, 0) is 10.0 Å². The van der Waals surface area contributed by atoms with Gasteiger partial charge in [0.05, 0.1) is 23.3 Å². The Morgan fingerprint density at radius 1 is 1.15 bits per heavy atom. The van der Waals surface area contributed by atoms with Gasteiger partial charge in [-0.1, -0.05) is 0 Å². The van der Waals surface area contributed by atoms with E-state index in [9.17, 15) is 17.6 Å². The fourth-order valence-electron chi connectivity index (χ4n) is 3.49. The molecule has 142 valence electrons. The molecule has 1 aromatic heterocycles. The summed E-state index contributed by atoms with van der Waals surface area (Å²) in [6.07, 6.45) is 1.77. The smallest absolute Gasteiger partial charge is 0.326 e. The van der Waals surface area contributed by atoms with Crippen molar-refractivity contribution in [1.82, 2.24) is 13.9 Å². The van der Waals surface area contributed by atoms with E-state index in [1.165, 1.54) is 22.7 Å². The second kappa shape index (κ2) is 6.50. The minimum absolute atomic E-state index is 0.197. The molecule has 0 saturated carbocycles. The topological polar surface area (TPSA) is 87.2 Å². The lowest BCUT2D eigenvalue weighted by molar-refractivity contribution is 0.456. The van der Waals surface area contributed by atoms with Gasteiger partial charge in [0.1, 0.15) is 5.82 Å². The first-order valence-electron chi connectivity index (χ1n) is 8.53. The number of imidazole rings is 1. The number of halogens is 1. The van der Waals surface area contributed by atoms with Crippen molar-refractivity contribution in [3.63, 3.8) is 0 Å². The van der Waals surface area contributed by atoms with E-state index < -0.39 is 10.0 Å². The molecular formula is C18H19FN4O3S. The van der Waals surface area contributed by atoms with E-state index in [1.807, 2.05) is 12.1 Å². The van der Waals surface area contributed by atoms with Crippen LogP contribution in [0.1, 0.15) is 12.5 Å². The average Bonchev–Trinajstić information content (AvgIpc) is 3.20. The molecule has 2 N–H and O–H groups in total. The Hall–Kier alpha value is -2.65. The molecule has 2 aromatic carbocycles. The summed E-state index contributed by atoms with van der Waals surface area (Å²) in [6, 6.07) is 11.3. The Labute approximate surface area is 155 Å². The van der Waals surface area contributed by atoms with E-state index in [4.69, 9.17) is 0 Å². The van der Waals surface area contributed by atoms with Gasteiger partial charge in [-0.2, -0.15) is 0 Å². The van der Waals surface area contributed by atoms with Crippen LogP contribution in [0.25, 0.3) is 11.0 Å². The number of nitrogens with zero attached hydrogens (tertiary/aromatic N) is 2. The summed E-state index contributed by atoms with van der Waals surface area (Å²) in [5.41, 5.74) is 2.61. The lowest BCUT2D eigenvalue weighted by Gasteiger charge is -2.14. The van der Waals surface area contributed by atoms with E-state index in [0.717, 1.165) is 16.9 Å². The third-order valence-corrected chi connectivity index (χ3v) is 6.08. The molecule has 1 atom stereocenters. The van der Waals surface area contributed by atoms with Crippen LogP contribution in [0.3, 0.4) is 0 Å². The molecule has 7 nitrogen and oxygen atoms in total. The average molecular weight is 390 g/mol. The number of sulfonamides is 1. The maximum Gasteiger partial charge on any atom is 0.326 e. The molecule has 1 aliphatic heterocycles. The quantitative estimate of drug-likeness (QED) is 0.716. The minimum atomic E-state index is -3.27. The molecule has 1 aliphatic rings. The summed E-state index contributed by atoms with van der Waals surface area (Å²) in [4.78, 5) is 15.3. The molecular weight excluding hydrogens is 371 g/mol. The summed E-state index contributed by atoms with van der Waals surface area (Å²) < 4.78 is 39.5. The third kappa shape index (κ3) is 3.47. The highest BCUT2D eigenvalue weighted by molar-refractivity contribution is 7.88. The van der Waals surface area contributed by atoms with E-state index in [1.54, 1.807) is 22.8 Å². The first-order valence-corrected chi connectivity index (χ1v) is 10.4. The molecule has 0 amide bonds. The van der Waals surface area contributed by atoms with Gasteiger partial charge in [-0.05, 0) is 48.9 Å². The summed E-state index contributed by atoms with van der Waals surface area (Å²) in [7, 11) is -3.27. The van der Waals surface area contributed by atoms with Gasteiger partial charge in [-0.3, -0.25) is 4.57 Å². The number of nitrogens with one attached hydrogen (secondary N) is 2. The number of fused-ring (bicyclic) bond motifs is 1. The summed E-state index contributed by atoms with van der Waals surface area (Å²) in [6.45, 7) is 0.702. The fraction of sp³-hybridized carbons (Fsp3) is 0.278. The van der Waals surface area contributed by atoms with E-state index >= 15 is 0 Å². The molecule has 4 rings (SSSR count). The number of anilines is 2. The van der Waals surface area contributed by atoms with E-state index in [-0.39, 0.29) is 17.5 Å². The Morgan fingerprint density at radius 3 is 2.52 bits per heavy atom. The van der Waals surface area contributed by atoms with Crippen molar-refractivity contribution in [2.75, 3.05) is 24.7 Å². The highest BCUT2D eigenvalue weighted by atomic mass is 32.2. The predicted molar refractivity (Wildman–Crippen MR) is 102 cm³/mol. The number of aromatic nitrogens is 2. The summed E-state index contributed by atoms with van der Waals surface area (Å²) >= 11 is 0. The van der Waals surface area contributed by atoms with Crippen LogP contribution in [0.15, 0.2) is 47.3 Å². The summed E-state index contributed by atoms with van der Waals surface area (Å²) in [5.74, 6) is -0.308. The van der Waals surface area contributed by atoms with Gasteiger partial charge >= 0.3 is 5.69 Å². The third-order valence-electron chi connectivity index (χ3n) is 4.81. The molecule has 0 spiro atoms. The number of hydrogen-bond donors (Lipinski definition) is 2. The second-order valence-electron chi connectivity index (χ2n) is 6.73. The van der Waals surface area contributed by atoms with Crippen LogP contribution >= 0.6 is 0 Å². The van der Waals surface area contributed by atoms with E-state index in [0.29, 0.717) is 25.0 Å². The molecule has 1 unspecified atom stereocenters. The molecule has 1 fully saturated rings. The van der Waals surface area contributed by atoms with Crippen molar-refractivity contribution >= 4 is 32.4 Å². The lowest BCUT2D eigenvalue weighted by Crippen LogP contribution is -2.29. The van der Waals surface area contributed by atoms with Crippen molar-refractivity contribution in [3.05, 3.63) is 58.8 Å². The zero-order chi connectivity index (χ0) is 19.2. The van der Waals surface area contributed by atoms with Gasteiger partial charge in [0.25, 0.3) is 0 Å². The Morgan fingerprint density at radius 2 is 1.85 bits per heavy atom. The Balaban J connectivity index is 1.63. The Bertz CT molecular complexity index is 1150. The van der Waals surface area contributed by atoms with Crippen LogP contribution in [0.2, 0.25) is 0 Å². The van der Waals surface area contributed by atoms with Gasteiger partial charge in [-0.25, -0.2) is 21.9 Å². The predicted octanol–water partition coefficient (Wildman–Crippen LogP) is 2.42. The fourth-order valence-corrected chi connectivity index (χ4v) is 4.37. The van der Waals surface area contributed by atoms with Crippen molar-refractivity contribution in [1.29, 1.82) is 0 Å². The number of benzene rings is 2. The first kappa shape index (κ1) is 17.7. The number of rotatable bonds is 4. The monoisotopic (exact) mass is 390 g/mol. The second-order valence-corrected chi connectivity index (χ2v) is 8.71. The summed E-state index contributed by atoms with van der Waals surface area (Å²) in [5, 5.41) is 3.16. The van der Waals surface area contributed by atoms with Crippen LogP contribution in [-0.4, -0.2) is 41.6 Å². The van der Waals surface area contributed by atoms with Gasteiger partial charge in [-0.15, -0.1) is 0 Å². The van der Waals surface area contributed by atoms with Crippen LogP contribution in [0.5, 0.6) is 0 Å². The van der Waals surface area contributed by atoms with Crippen molar-refractivity contribution < 1.29 is 12.8 Å². The standard InChI is InChI=1S/C18H19FN4O3S/c1-27(25,26)22-9-8-15(11-22)23-17-7-6-14(10-16(17)21-18(23)24)20-13-4-2-12(19)3-5-13/h2-7,10,15,20H,8-9,11H2,1H3,(H,21,24). The molecule has 2 heterocycles. The van der Waals surface area contributed by atoms with Crippen LogP contribution in [0, 0.1) is 5.82 Å². The molecule has 0 radical (unpaired) electrons. The van der Waals surface area contributed by atoms with Crippen molar-refractivity contribution in [2.45, 2.75) is 12.5 Å². The zero-order valence-electron chi connectivity index (χ0n) is 14.6. The molecule has 0 bridgehead atoms. The minimum Gasteiger partial charge on any atom is -0.355 e. The number of H-pyrrole nitrogens is 1. The normalized spacial score (nSPS) is 18.2. The highest BCUT2D eigenvalue weighted by Gasteiger charge is 2.31. The van der Waals surface area contributed by atoms with E-state index in [2.05, 4.69) is 10.3 Å².